The average molecular weight is 379 g/mol. The number of benzene rings is 2. The maximum Gasteiger partial charge on any atom is 0.290 e. The third kappa shape index (κ3) is 3.82. The van der Waals surface area contributed by atoms with Crippen LogP contribution < -0.4 is 4.74 Å². The van der Waals surface area contributed by atoms with Crippen molar-refractivity contribution in [2.45, 2.75) is 6.04 Å². The minimum absolute atomic E-state index is 0.00122. The molecule has 144 valence electrons. The highest BCUT2D eigenvalue weighted by Crippen LogP contribution is 2.38. The second-order valence-electron chi connectivity index (χ2n) is 6.27. The molecule has 1 aliphatic heterocycles. The van der Waals surface area contributed by atoms with E-state index in [1.165, 1.54) is 11.0 Å². The lowest BCUT2D eigenvalue weighted by Crippen LogP contribution is -2.33. The first-order valence-electron chi connectivity index (χ1n) is 8.83. The summed E-state index contributed by atoms with van der Waals surface area (Å²) >= 11 is 0. The molecule has 2 aromatic carbocycles. The second-order valence-corrected chi connectivity index (χ2v) is 6.27. The monoisotopic (exact) mass is 379 g/mol. The Hall–Kier alpha value is -3.38. The van der Waals surface area contributed by atoms with Crippen molar-refractivity contribution in [2.75, 3.05) is 20.3 Å². The lowest BCUT2D eigenvalue weighted by molar-refractivity contribution is -0.129. The summed E-state index contributed by atoms with van der Waals surface area (Å²) in [5.41, 5.74) is 1.47. The summed E-state index contributed by atoms with van der Waals surface area (Å²) in [6.45, 7) is -0.286. The maximum absolute atomic E-state index is 12.9. The van der Waals surface area contributed by atoms with E-state index in [0.717, 1.165) is 5.56 Å². The zero-order valence-corrected chi connectivity index (χ0v) is 15.4. The van der Waals surface area contributed by atoms with Crippen molar-refractivity contribution in [1.29, 1.82) is 0 Å². The molecule has 0 radical (unpaired) electrons. The molecular weight excluding hydrogens is 358 g/mol. The van der Waals surface area contributed by atoms with Crippen LogP contribution in [0.4, 0.5) is 0 Å². The van der Waals surface area contributed by atoms with Gasteiger partial charge in [-0.2, -0.15) is 0 Å². The van der Waals surface area contributed by atoms with E-state index < -0.39 is 23.5 Å². The van der Waals surface area contributed by atoms with Gasteiger partial charge in [0.15, 0.2) is 11.5 Å². The Kier molecular flexibility index (Phi) is 5.91. The van der Waals surface area contributed by atoms with Crippen LogP contribution in [0.15, 0.2) is 72.0 Å². The average Bonchev–Trinajstić information content (AvgIpc) is 2.98. The van der Waals surface area contributed by atoms with Crippen molar-refractivity contribution < 1.29 is 24.5 Å². The third-order valence-corrected chi connectivity index (χ3v) is 4.57. The van der Waals surface area contributed by atoms with Crippen molar-refractivity contribution in [2.24, 2.45) is 0 Å². The van der Waals surface area contributed by atoms with Gasteiger partial charge < -0.3 is 19.8 Å². The van der Waals surface area contributed by atoms with Gasteiger partial charge in [0, 0.05) is 6.54 Å². The second kappa shape index (κ2) is 8.54. The number of hydrogen-bond acceptors (Lipinski definition) is 5. The molecule has 0 spiro atoms. The number of carbonyl (C=O) groups excluding carboxylic acids is 2. The largest absolute Gasteiger partial charge is 0.503 e. The standard InChI is InChI=1S/C22H21NO5/c1-28-17-10-8-16(9-11-17)20-19(21(26)22(27)23(20)13-14-24)18(25)12-7-15-5-3-2-4-6-15/h2-12,20,24,26H,13-14H2,1H3/b12-7+/t20-/m1/s1. The van der Waals surface area contributed by atoms with Gasteiger partial charge >= 0.3 is 0 Å². The van der Waals surface area contributed by atoms with Crippen LogP contribution in [-0.4, -0.2) is 47.1 Å². The minimum atomic E-state index is -0.779. The Labute approximate surface area is 163 Å². The number of hydrogen-bond donors (Lipinski definition) is 2. The molecule has 1 aliphatic rings. The zero-order valence-electron chi connectivity index (χ0n) is 15.4. The normalized spacial score (nSPS) is 16.9. The summed E-state index contributed by atoms with van der Waals surface area (Å²) < 4.78 is 5.15. The highest BCUT2D eigenvalue weighted by molar-refractivity contribution is 6.14. The zero-order chi connectivity index (χ0) is 20.1. The van der Waals surface area contributed by atoms with Crippen LogP contribution >= 0.6 is 0 Å². The van der Waals surface area contributed by atoms with Crippen LogP contribution in [0.25, 0.3) is 6.08 Å². The van der Waals surface area contributed by atoms with E-state index in [1.54, 1.807) is 37.5 Å². The van der Waals surface area contributed by atoms with E-state index in [0.29, 0.717) is 11.3 Å². The number of β-amino-alcohol motifs (C(OH)–C–C–N with tert-alkyl or cyclic N) is 1. The van der Waals surface area contributed by atoms with Crippen LogP contribution in [0.1, 0.15) is 17.2 Å². The highest BCUT2D eigenvalue weighted by Gasteiger charge is 2.42. The summed E-state index contributed by atoms with van der Waals surface area (Å²) in [5.74, 6) is -1.09. The van der Waals surface area contributed by atoms with Gasteiger partial charge in [-0.05, 0) is 29.3 Å². The number of aliphatic hydroxyl groups is 2. The lowest BCUT2D eigenvalue weighted by atomic mass is 9.95. The number of methoxy groups -OCH3 is 1. The molecule has 0 bridgehead atoms. The molecule has 1 amide bonds. The van der Waals surface area contributed by atoms with Crippen molar-refractivity contribution in [1.82, 2.24) is 4.90 Å². The van der Waals surface area contributed by atoms with Crippen molar-refractivity contribution in [3.63, 3.8) is 0 Å². The number of carbonyl (C=O) groups is 2. The maximum atomic E-state index is 12.9. The van der Waals surface area contributed by atoms with Crippen molar-refractivity contribution >= 4 is 17.8 Å². The quantitative estimate of drug-likeness (QED) is 0.723. The van der Waals surface area contributed by atoms with Crippen LogP contribution in [0.5, 0.6) is 5.75 Å². The van der Waals surface area contributed by atoms with E-state index >= 15 is 0 Å². The fraction of sp³-hybridized carbons (Fsp3) is 0.182. The predicted octanol–water partition coefficient (Wildman–Crippen LogP) is 2.67. The molecule has 2 N–H and O–H groups in total. The number of aliphatic hydroxyl groups excluding tert-OH is 2. The van der Waals surface area contributed by atoms with Crippen molar-refractivity contribution in [3.05, 3.63) is 83.1 Å². The molecule has 0 unspecified atom stereocenters. The van der Waals surface area contributed by atoms with Crippen LogP contribution in [0, 0.1) is 0 Å². The number of ketones is 1. The van der Waals surface area contributed by atoms with Gasteiger partial charge in [0.2, 0.25) is 0 Å². The van der Waals surface area contributed by atoms with E-state index in [4.69, 9.17) is 4.74 Å². The van der Waals surface area contributed by atoms with Crippen LogP contribution in [0.3, 0.4) is 0 Å². The first-order chi connectivity index (χ1) is 13.6. The molecule has 0 saturated heterocycles. The molecule has 1 atom stereocenters. The third-order valence-electron chi connectivity index (χ3n) is 4.57. The number of ether oxygens (including phenoxy) is 1. The van der Waals surface area contributed by atoms with E-state index in [2.05, 4.69) is 0 Å². The number of nitrogens with zero attached hydrogens (tertiary/aromatic N) is 1. The SMILES string of the molecule is COc1ccc([C@@H]2C(C(=O)/C=C/c3ccccc3)=C(O)C(=O)N2CCO)cc1. The number of allylic oxidation sites excluding steroid dienone is 1. The van der Waals surface area contributed by atoms with Gasteiger partial charge in [-0.3, -0.25) is 9.59 Å². The first kappa shape index (κ1) is 19.4. The molecule has 0 fully saturated rings. The lowest BCUT2D eigenvalue weighted by Gasteiger charge is -2.26. The fourth-order valence-corrected chi connectivity index (χ4v) is 3.20. The smallest absolute Gasteiger partial charge is 0.290 e. The Morgan fingerprint density at radius 3 is 2.43 bits per heavy atom. The molecule has 3 rings (SSSR count). The van der Waals surface area contributed by atoms with Gasteiger partial charge in [0.25, 0.3) is 5.91 Å². The minimum Gasteiger partial charge on any atom is -0.503 e. The van der Waals surface area contributed by atoms with E-state index in [9.17, 15) is 19.8 Å². The molecule has 0 aliphatic carbocycles. The summed E-state index contributed by atoms with van der Waals surface area (Å²) in [4.78, 5) is 26.7. The summed E-state index contributed by atoms with van der Waals surface area (Å²) in [6.07, 6.45) is 2.97. The molecule has 28 heavy (non-hydrogen) atoms. The fourth-order valence-electron chi connectivity index (χ4n) is 3.20. The summed E-state index contributed by atoms with van der Waals surface area (Å²) in [7, 11) is 1.54. The van der Waals surface area contributed by atoms with Crippen molar-refractivity contribution in [3.8, 4) is 5.75 Å². The van der Waals surface area contributed by atoms with Crippen LogP contribution in [0.2, 0.25) is 0 Å². The number of amides is 1. The van der Waals surface area contributed by atoms with Gasteiger partial charge in [-0.15, -0.1) is 0 Å². The van der Waals surface area contributed by atoms with Gasteiger partial charge in [-0.25, -0.2) is 0 Å². The highest BCUT2D eigenvalue weighted by atomic mass is 16.5. The molecule has 0 aromatic heterocycles. The van der Waals surface area contributed by atoms with Gasteiger partial charge in [-0.1, -0.05) is 48.5 Å². The molecule has 0 saturated carbocycles. The van der Waals surface area contributed by atoms with Gasteiger partial charge in [0.05, 0.1) is 25.3 Å². The first-order valence-corrected chi connectivity index (χ1v) is 8.83. The number of rotatable bonds is 7. The van der Waals surface area contributed by atoms with E-state index in [-0.39, 0.29) is 18.7 Å². The Morgan fingerprint density at radius 2 is 1.82 bits per heavy atom. The van der Waals surface area contributed by atoms with E-state index in [1.807, 2.05) is 30.3 Å². The molecular formula is C22H21NO5. The Bertz CT molecular complexity index is 916. The molecule has 2 aromatic rings. The van der Waals surface area contributed by atoms with Crippen LogP contribution in [-0.2, 0) is 9.59 Å². The predicted molar refractivity (Wildman–Crippen MR) is 105 cm³/mol. The topological polar surface area (TPSA) is 87.1 Å². The summed E-state index contributed by atoms with van der Waals surface area (Å²) in [5, 5.41) is 19.7. The molecule has 1 heterocycles. The summed E-state index contributed by atoms with van der Waals surface area (Å²) in [6, 6.07) is 15.4. The Balaban J connectivity index is 1.98. The van der Waals surface area contributed by atoms with Gasteiger partial charge in [0.1, 0.15) is 5.75 Å². The Morgan fingerprint density at radius 1 is 1.14 bits per heavy atom. The molecule has 6 nitrogen and oxygen atoms in total. The molecule has 6 heteroatoms.